The molecule has 0 aliphatic carbocycles. The first-order valence-electron chi connectivity index (χ1n) is 7.69. The summed E-state index contributed by atoms with van der Waals surface area (Å²) in [4.78, 5) is 25.1. The van der Waals surface area contributed by atoms with Crippen molar-refractivity contribution in [2.75, 3.05) is 6.61 Å². The summed E-state index contributed by atoms with van der Waals surface area (Å²) >= 11 is 0. The van der Waals surface area contributed by atoms with Crippen molar-refractivity contribution in [2.45, 2.75) is 26.3 Å². The Morgan fingerprint density at radius 1 is 1.04 bits per heavy atom. The summed E-state index contributed by atoms with van der Waals surface area (Å²) in [6.45, 7) is 3.70. The standard InChI is InChI=1S/C19H21NO3/c1-3-15(12-21)20-19(23)17-7-5-4-6-16(17)18(22)14-10-8-13(2)9-11-14/h4-11,15,21H,3,12H2,1-2H3,(H,20,23). The van der Waals surface area contributed by atoms with Crippen LogP contribution in [0, 0.1) is 6.92 Å². The Bertz CT molecular complexity index is 688. The molecule has 1 unspecified atom stereocenters. The molecule has 4 heteroatoms. The van der Waals surface area contributed by atoms with Crippen LogP contribution in [-0.2, 0) is 0 Å². The fourth-order valence-electron chi connectivity index (χ4n) is 2.28. The predicted octanol–water partition coefficient (Wildman–Crippen LogP) is 2.73. The van der Waals surface area contributed by atoms with Crippen molar-refractivity contribution in [2.24, 2.45) is 0 Å². The molecule has 120 valence electrons. The molecule has 23 heavy (non-hydrogen) atoms. The van der Waals surface area contributed by atoms with Gasteiger partial charge in [-0.05, 0) is 19.4 Å². The van der Waals surface area contributed by atoms with Gasteiger partial charge in [-0.2, -0.15) is 0 Å². The number of ketones is 1. The van der Waals surface area contributed by atoms with Crippen molar-refractivity contribution in [3.05, 3.63) is 70.8 Å². The SMILES string of the molecule is CCC(CO)NC(=O)c1ccccc1C(=O)c1ccc(C)cc1. The van der Waals surface area contributed by atoms with Crippen LogP contribution in [0.3, 0.4) is 0 Å². The molecular weight excluding hydrogens is 290 g/mol. The van der Waals surface area contributed by atoms with Crippen LogP contribution < -0.4 is 5.32 Å². The number of rotatable bonds is 6. The lowest BCUT2D eigenvalue weighted by atomic mass is 9.97. The van der Waals surface area contributed by atoms with Crippen LogP contribution in [0.25, 0.3) is 0 Å². The van der Waals surface area contributed by atoms with E-state index in [0.29, 0.717) is 23.1 Å². The van der Waals surface area contributed by atoms with E-state index in [0.717, 1.165) is 5.56 Å². The molecule has 1 atom stereocenters. The van der Waals surface area contributed by atoms with Crippen LogP contribution in [0.15, 0.2) is 48.5 Å². The van der Waals surface area contributed by atoms with Gasteiger partial charge in [0, 0.05) is 11.1 Å². The number of aryl methyl sites for hydroxylation is 1. The van der Waals surface area contributed by atoms with Crippen molar-refractivity contribution in [1.82, 2.24) is 5.32 Å². The third-order valence-corrected chi connectivity index (χ3v) is 3.78. The van der Waals surface area contributed by atoms with Crippen LogP contribution in [0.1, 0.15) is 45.2 Å². The maximum absolute atomic E-state index is 12.7. The Morgan fingerprint density at radius 3 is 2.22 bits per heavy atom. The molecule has 2 aromatic carbocycles. The lowest BCUT2D eigenvalue weighted by Gasteiger charge is -2.15. The van der Waals surface area contributed by atoms with Crippen LogP contribution in [-0.4, -0.2) is 29.4 Å². The van der Waals surface area contributed by atoms with E-state index in [1.54, 1.807) is 36.4 Å². The third-order valence-electron chi connectivity index (χ3n) is 3.78. The summed E-state index contributed by atoms with van der Waals surface area (Å²) in [6, 6.07) is 13.7. The normalized spacial score (nSPS) is 11.8. The maximum Gasteiger partial charge on any atom is 0.252 e. The monoisotopic (exact) mass is 311 g/mol. The first kappa shape index (κ1) is 16.9. The topological polar surface area (TPSA) is 66.4 Å². The van der Waals surface area contributed by atoms with E-state index in [-0.39, 0.29) is 24.3 Å². The van der Waals surface area contributed by atoms with Gasteiger partial charge < -0.3 is 10.4 Å². The Balaban J connectivity index is 2.31. The van der Waals surface area contributed by atoms with E-state index in [4.69, 9.17) is 0 Å². The Kier molecular flexibility index (Phi) is 5.66. The smallest absolute Gasteiger partial charge is 0.252 e. The number of aliphatic hydroxyl groups excluding tert-OH is 1. The quantitative estimate of drug-likeness (QED) is 0.806. The van der Waals surface area contributed by atoms with Gasteiger partial charge in [-0.3, -0.25) is 9.59 Å². The molecule has 0 aromatic heterocycles. The highest BCUT2D eigenvalue weighted by Crippen LogP contribution is 2.16. The van der Waals surface area contributed by atoms with E-state index < -0.39 is 0 Å². The summed E-state index contributed by atoms with van der Waals surface area (Å²) in [5.74, 6) is -0.533. The molecule has 0 saturated carbocycles. The van der Waals surface area contributed by atoms with Gasteiger partial charge in [-0.1, -0.05) is 55.0 Å². The predicted molar refractivity (Wildman–Crippen MR) is 89.7 cm³/mol. The van der Waals surface area contributed by atoms with Gasteiger partial charge >= 0.3 is 0 Å². The highest BCUT2D eigenvalue weighted by Gasteiger charge is 2.19. The van der Waals surface area contributed by atoms with Crippen LogP contribution >= 0.6 is 0 Å². The Hall–Kier alpha value is -2.46. The van der Waals surface area contributed by atoms with Gasteiger partial charge in [0.05, 0.1) is 18.2 Å². The van der Waals surface area contributed by atoms with Gasteiger partial charge in [0.25, 0.3) is 5.91 Å². The molecule has 4 nitrogen and oxygen atoms in total. The number of carbonyl (C=O) groups excluding carboxylic acids is 2. The van der Waals surface area contributed by atoms with Crippen molar-refractivity contribution in [1.29, 1.82) is 0 Å². The van der Waals surface area contributed by atoms with Crippen molar-refractivity contribution in [3.63, 3.8) is 0 Å². The van der Waals surface area contributed by atoms with Crippen molar-refractivity contribution < 1.29 is 14.7 Å². The van der Waals surface area contributed by atoms with Gasteiger partial charge in [-0.25, -0.2) is 0 Å². The number of aliphatic hydroxyl groups is 1. The molecule has 2 rings (SSSR count). The zero-order valence-electron chi connectivity index (χ0n) is 13.4. The molecule has 1 amide bonds. The Morgan fingerprint density at radius 2 is 1.65 bits per heavy atom. The molecule has 0 radical (unpaired) electrons. The first-order chi connectivity index (χ1) is 11.1. The minimum atomic E-state index is -0.345. The van der Waals surface area contributed by atoms with Crippen molar-refractivity contribution in [3.8, 4) is 0 Å². The van der Waals surface area contributed by atoms with E-state index in [2.05, 4.69) is 5.32 Å². The average molecular weight is 311 g/mol. The minimum Gasteiger partial charge on any atom is -0.394 e. The number of hydrogen-bond donors (Lipinski definition) is 2. The lowest BCUT2D eigenvalue weighted by molar-refractivity contribution is 0.0906. The fourth-order valence-corrected chi connectivity index (χ4v) is 2.28. The second kappa shape index (κ2) is 7.70. The third kappa shape index (κ3) is 4.05. The summed E-state index contributed by atoms with van der Waals surface area (Å²) in [5, 5.41) is 12.0. The second-order valence-electron chi connectivity index (χ2n) is 5.50. The number of amides is 1. The molecule has 0 aliphatic heterocycles. The average Bonchev–Trinajstić information content (AvgIpc) is 2.59. The van der Waals surface area contributed by atoms with Gasteiger partial charge in [0.1, 0.15) is 0 Å². The number of benzene rings is 2. The molecule has 0 bridgehead atoms. The summed E-state index contributed by atoms with van der Waals surface area (Å²) in [6.07, 6.45) is 0.621. The van der Waals surface area contributed by atoms with Gasteiger partial charge in [0.15, 0.2) is 5.78 Å². The zero-order chi connectivity index (χ0) is 16.8. The lowest BCUT2D eigenvalue weighted by Crippen LogP contribution is -2.37. The largest absolute Gasteiger partial charge is 0.394 e. The molecule has 0 fully saturated rings. The molecule has 0 aliphatic rings. The summed E-state index contributed by atoms with van der Waals surface area (Å²) < 4.78 is 0. The first-order valence-corrected chi connectivity index (χ1v) is 7.69. The molecule has 0 spiro atoms. The van der Waals surface area contributed by atoms with Gasteiger partial charge in [-0.15, -0.1) is 0 Å². The summed E-state index contributed by atoms with van der Waals surface area (Å²) in [5.41, 5.74) is 2.30. The van der Waals surface area contributed by atoms with E-state index in [9.17, 15) is 14.7 Å². The molecule has 2 aromatic rings. The zero-order valence-corrected chi connectivity index (χ0v) is 13.4. The second-order valence-corrected chi connectivity index (χ2v) is 5.50. The van der Waals surface area contributed by atoms with Crippen LogP contribution in [0.2, 0.25) is 0 Å². The number of nitrogens with one attached hydrogen (secondary N) is 1. The molecule has 0 saturated heterocycles. The van der Waals surface area contributed by atoms with E-state index >= 15 is 0 Å². The number of carbonyl (C=O) groups is 2. The van der Waals surface area contributed by atoms with E-state index in [1.807, 2.05) is 26.0 Å². The highest BCUT2D eigenvalue weighted by molar-refractivity contribution is 6.15. The number of hydrogen-bond acceptors (Lipinski definition) is 3. The fraction of sp³-hybridized carbons (Fsp3) is 0.263. The van der Waals surface area contributed by atoms with Crippen molar-refractivity contribution >= 4 is 11.7 Å². The highest BCUT2D eigenvalue weighted by atomic mass is 16.3. The maximum atomic E-state index is 12.7. The van der Waals surface area contributed by atoms with E-state index in [1.165, 1.54) is 0 Å². The summed E-state index contributed by atoms with van der Waals surface area (Å²) in [7, 11) is 0. The molecule has 2 N–H and O–H groups in total. The molecule has 0 heterocycles. The minimum absolute atomic E-state index is 0.129. The van der Waals surface area contributed by atoms with Crippen LogP contribution in [0.4, 0.5) is 0 Å². The molecular formula is C19H21NO3. The van der Waals surface area contributed by atoms with Gasteiger partial charge in [0.2, 0.25) is 0 Å². The van der Waals surface area contributed by atoms with Crippen LogP contribution in [0.5, 0.6) is 0 Å². The Labute approximate surface area is 136 Å².